The first kappa shape index (κ1) is 80.1. The van der Waals surface area contributed by atoms with Gasteiger partial charge in [0.15, 0.2) is 18.7 Å². The molecule has 3 unspecified atom stereocenters. The molecule has 12 rings (SSSR count). The lowest BCUT2D eigenvalue weighted by Gasteiger charge is -2.51. The van der Waals surface area contributed by atoms with Crippen molar-refractivity contribution in [2.75, 3.05) is 45.2 Å². The SMILES string of the molecule is C.CCC1=C[C@@H]2[C@H](C1)CC2(CC#N)C[N+](=O)[O-].CCC1=C[C@@H]2[C@H](C1)CC2(CN)Cc1nn[nH]n1.CCC1=C[C@@H]2[C@H](C1)CC2(Cc1nn[nH]n1)C[N+](=O)[O-].CCC1=C[C@H]2C(=CC#N)C[C@H]2C1.CCC1=C[C@H]2C(=O)C[C@H]2C1.CCP(=O)(CC)CC#N.C[N+](=O)[O-].C[Si](C)(C)N=[N+]=[N-]. The van der Waals surface area contributed by atoms with Crippen LogP contribution < -0.4 is 5.73 Å². The van der Waals surface area contributed by atoms with Crippen LogP contribution in [-0.4, -0.2) is 115 Å². The average Bonchev–Trinajstić information content (AvgIpc) is 1.67. The van der Waals surface area contributed by atoms with E-state index in [0.717, 1.165) is 95.5 Å². The Balaban J connectivity index is 0.000000238. The molecule has 26 nitrogen and oxygen atoms in total. The van der Waals surface area contributed by atoms with Gasteiger partial charge in [-0.3, -0.25) is 35.1 Å². The molecule has 0 spiro atoms. The number of hydrogen-bond acceptors (Lipinski definition) is 19. The molecule has 0 aliphatic heterocycles. The van der Waals surface area contributed by atoms with Crippen molar-refractivity contribution in [2.45, 2.75) is 191 Å². The normalized spacial score (nSPS) is 29.3. The molecule has 10 aliphatic carbocycles. The lowest BCUT2D eigenvalue weighted by atomic mass is 9.53. The molecule has 0 aromatic carbocycles. The van der Waals surface area contributed by atoms with Crippen LogP contribution in [0.15, 0.2) is 74.7 Å². The second-order valence-corrected chi connectivity index (χ2v) is 36.3. The minimum absolute atomic E-state index is 0. The molecule has 2 aromatic rings. The van der Waals surface area contributed by atoms with E-state index in [4.69, 9.17) is 37.2 Å². The summed E-state index contributed by atoms with van der Waals surface area (Å²) in [7, 11) is -2.60. The first-order valence-electron chi connectivity index (χ1n) is 33.6. The maximum Gasteiger partial charge on any atom is 0.211 e. The Bertz CT molecular complexity index is 3340. The number of carbonyl (C=O) groups excluding carboxylic acids is 1. The fourth-order valence-electron chi connectivity index (χ4n) is 15.8. The first-order chi connectivity index (χ1) is 44.6. The quantitative estimate of drug-likeness (QED) is 0.0135. The highest BCUT2D eigenvalue weighted by Crippen LogP contribution is 2.62. The fraction of sp³-hybridized carbons (Fsp3) is 0.731. The molecule has 5 fully saturated rings. The summed E-state index contributed by atoms with van der Waals surface area (Å²) in [5.74, 6) is 7.60. The third kappa shape index (κ3) is 21.6. The van der Waals surface area contributed by atoms with E-state index >= 15 is 0 Å². The van der Waals surface area contributed by atoms with Crippen molar-refractivity contribution in [3.63, 3.8) is 0 Å². The Morgan fingerprint density at radius 3 is 1.41 bits per heavy atom. The number of allylic oxidation sites excluding steroid dienone is 12. The summed E-state index contributed by atoms with van der Waals surface area (Å²) in [6.45, 7) is 21.3. The monoisotopic (exact) mass is 1350 g/mol. The molecule has 10 aliphatic rings. The smallest absolute Gasteiger partial charge is 0.211 e. The van der Waals surface area contributed by atoms with Crippen LogP contribution in [-0.2, 0) is 22.2 Å². The van der Waals surface area contributed by atoms with E-state index in [1.54, 1.807) is 17.2 Å². The number of carbonyl (C=O) groups is 1. The van der Waals surface area contributed by atoms with E-state index in [2.05, 4.69) is 128 Å². The molecule has 0 saturated heterocycles. The lowest BCUT2D eigenvalue weighted by Crippen LogP contribution is -2.51. The van der Waals surface area contributed by atoms with Crippen molar-refractivity contribution in [3.8, 4) is 18.2 Å². The molecule has 5 saturated carbocycles. The van der Waals surface area contributed by atoms with Crippen LogP contribution >= 0.6 is 7.14 Å². The summed E-state index contributed by atoms with van der Waals surface area (Å²) < 4.78 is 14.9. The van der Waals surface area contributed by atoms with Crippen LogP contribution in [0.25, 0.3) is 10.4 Å². The van der Waals surface area contributed by atoms with Gasteiger partial charge in [-0.15, -0.1) is 25.2 Å². The van der Waals surface area contributed by atoms with E-state index in [9.17, 15) is 29.6 Å². The van der Waals surface area contributed by atoms with Gasteiger partial charge >= 0.3 is 0 Å². The standard InChI is InChI=1S/C12H17N5O2.C12H19N5.C12H16N2O2.C11H13N.C9H12O.C6H12NOP.C3H9N3Si.CH3NO2.CH4/c1-2-8-3-9-5-12(7-17(18)19,10(9)4-8)6-11-13-15-16-14-11;1-2-8-3-9-5-12(7-13,10(9)4-8)6-11-14-16-17-15-11;1-2-9-5-10-7-12(3-4-13,8-14(15)16)11(10)6-9;1-2-8-5-10-7-9(3-4-12)11(10)6-8;1-2-6-3-7-5-9(10)8(7)4-6;1-3-9(8,4-2)6-5-7;1-7(2,3)6-5-4;1-2(3)4;/h4,9-10H,2-3,5-7H2,1H3,(H,13,14,15,16);4,9-10H,2-3,5-7,13H2,1H3,(H,14,15,16,17);6,10-11H,2-3,5,7-8H2,1H3;3,6,10-11H,2,5,7H2,1H3;4,7-8H,2-3,5H2,1H3;3-4,6H2,1-2H3;1-3H3;1H3;1H4/t2*9-,10-,12?;10-,11-,12?;10-,11+;7-,8-;;;;/m11111..../s1. The number of nitrogens with zero attached hydrogens (tertiary/aromatic N) is 15. The summed E-state index contributed by atoms with van der Waals surface area (Å²) in [5.41, 5.74) is 22.3. The molecule has 13 atom stereocenters. The number of fused-ring (bicyclic) bond motifs is 5. The third-order valence-electron chi connectivity index (χ3n) is 21.0. The van der Waals surface area contributed by atoms with Crippen LogP contribution in [0.4, 0.5) is 0 Å². The summed E-state index contributed by atoms with van der Waals surface area (Å²) in [6, 6.07) is 6.20. The molecule has 2 heterocycles. The molecular weight excluding hydrogens is 1240 g/mol. The zero-order valence-corrected chi connectivity index (χ0v) is 59.1. The van der Waals surface area contributed by atoms with Crippen LogP contribution in [0, 0.1) is 140 Å². The molecule has 2 aromatic heterocycles. The van der Waals surface area contributed by atoms with E-state index in [1.165, 1.54) is 60.8 Å². The number of tetrazole rings is 2. The van der Waals surface area contributed by atoms with Gasteiger partial charge < -0.3 is 10.3 Å². The Hall–Kier alpha value is -7.36. The van der Waals surface area contributed by atoms with Crippen molar-refractivity contribution in [3.05, 3.63) is 122 Å². The highest BCUT2D eigenvalue weighted by molar-refractivity contribution is 7.64. The molecule has 95 heavy (non-hydrogen) atoms. The topological polar surface area (TPSA) is 419 Å². The Morgan fingerprint density at radius 1 is 0.663 bits per heavy atom. The molecule has 0 bridgehead atoms. The lowest BCUT2D eigenvalue weighted by molar-refractivity contribution is -0.506. The summed E-state index contributed by atoms with van der Waals surface area (Å²) in [4.78, 5) is 43.2. The number of nitrogens with two attached hydrogens (primary N) is 1. The first-order valence-corrected chi connectivity index (χ1v) is 39.3. The number of nitrogens with one attached hydrogen (secondary N) is 2. The summed E-state index contributed by atoms with van der Waals surface area (Å²) in [5, 5.41) is 84.2. The van der Waals surface area contributed by atoms with Crippen molar-refractivity contribution >= 4 is 21.2 Å². The van der Waals surface area contributed by atoms with Gasteiger partial charge in [0.05, 0.1) is 29.8 Å². The van der Waals surface area contributed by atoms with Gasteiger partial charge in [0.1, 0.15) is 21.2 Å². The minimum atomic E-state index is -2.04. The average molecular weight is 1350 g/mol. The highest BCUT2D eigenvalue weighted by Gasteiger charge is 2.59. The molecule has 0 amide bonds. The van der Waals surface area contributed by atoms with Crippen LogP contribution in [0.5, 0.6) is 0 Å². The highest BCUT2D eigenvalue weighted by atomic mass is 31.2. The minimum Gasteiger partial charge on any atom is -0.330 e. The molecule has 28 heteroatoms. The Morgan fingerprint density at radius 2 is 1.06 bits per heavy atom. The zero-order valence-electron chi connectivity index (χ0n) is 57.2. The van der Waals surface area contributed by atoms with Gasteiger partial charge in [-0.25, -0.2) is 0 Å². The molecule has 4 N–H and O–H groups in total. The van der Waals surface area contributed by atoms with Crippen LogP contribution in [0.1, 0.15) is 170 Å². The van der Waals surface area contributed by atoms with Crippen molar-refractivity contribution in [1.29, 1.82) is 15.8 Å². The van der Waals surface area contributed by atoms with E-state index in [-0.39, 0.29) is 58.7 Å². The maximum atomic E-state index is 11.3. The number of Topliss-reactive ketones (excluding diaryl/α,β-unsaturated/α-hetero) is 1. The van der Waals surface area contributed by atoms with Crippen LogP contribution in [0.3, 0.4) is 0 Å². The Labute approximate surface area is 562 Å². The second kappa shape index (κ2) is 36.7. The predicted octanol–water partition coefficient (Wildman–Crippen LogP) is 14.3. The second-order valence-electron chi connectivity index (χ2n) is 28.1. The van der Waals surface area contributed by atoms with Crippen molar-refractivity contribution in [2.24, 2.45) is 85.9 Å². The summed E-state index contributed by atoms with van der Waals surface area (Å²) in [6.07, 6.45) is 33.0. The van der Waals surface area contributed by atoms with E-state index in [0.29, 0.717) is 78.2 Å². The predicted molar refractivity (Wildman–Crippen MR) is 369 cm³/mol. The fourth-order valence-corrected chi connectivity index (χ4v) is 17.2. The maximum absolute atomic E-state index is 11.3. The number of rotatable bonds is 19. The van der Waals surface area contributed by atoms with Crippen LogP contribution in [0.2, 0.25) is 19.6 Å². The van der Waals surface area contributed by atoms with Crippen molar-refractivity contribution in [1.82, 2.24) is 41.2 Å². The number of aromatic amines is 2. The Kier molecular flexibility index (Phi) is 30.9. The molecule has 0 radical (unpaired) electrons. The largest absolute Gasteiger partial charge is 0.330 e. The third-order valence-corrected chi connectivity index (χ3v) is 24.7. The van der Waals surface area contributed by atoms with Gasteiger partial charge in [-0.05, 0) is 172 Å². The van der Waals surface area contributed by atoms with Gasteiger partial charge in [-0.2, -0.15) is 26.2 Å². The number of aromatic nitrogens is 8. The number of H-pyrrole nitrogens is 2. The number of azide groups is 1. The molecule has 520 valence electrons. The van der Waals surface area contributed by atoms with E-state index < -0.39 is 20.3 Å². The van der Waals surface area contributed by atoms with Gasteiger partial charge in [0.2, 0.25) is 13.1 Å². The van der Waals surface area contributed by atoms with Gasteiger partial charge in [-0.1, -0.05) is 150 Å². The van der Waals surface area contributed by atoms with Gasteiger partial charge in [0, 0.05) is 63.8 Å². The number of ketones is 1. The summed E-state index contributed by atoms with van der Waals surface area (Å²) >= 11 is 0. The molecular formula is C67H105N18O8PSi. The zero-order chi connectivity index (χ0) is 69.6. The van der Waals surface area contributed by atoms with Crippen molar-refractivity contribution < 1.29 is 24.1 Å². The number of hydrogen-bond donors (Lipinski definition) is 3. The number of nitriles is 3. The van der Waals surface area contributed by atoms with Gasteiger partial charge in [0.25, 0.3) is 0 Å². The number of nitro groups is 3. The van der Waals surface area contributed by atoms with E-state index in [1.807, 2.05) is 39.6 Å².